The first kappa shape index (κ1) is 17.1. The predicted molar refractivity (Wildman–Crippen MR) is 73.2 cm³/mol. The van der Waals surface area contributed by atoms with Crippen molar-refractivity contribution in [3.8, 4) is 0 Å². The first-order chi connectivity index (χ1) is 5.95. The van der Waals surface area contributed by atoms with Crippen LogP contribution in [0.3, 0.4) is 0 Å². The average molecular weight is 356 g/mol. The standard InChI is InChI=1S/C12H14.CH4.Ba.Ca.4H/c1-3-9-7-8-10-4-2-6-12(10)11(9)5-1;;;;;;;/h7-8H,1-6H2;1H4;;;;;;/q;;2*+2;4*-1. The average Bonchev–Trinajstić information content (AvgIpc) is 2.71. The van der Waals surface area contributed by atoms with Crippen molar-refractivity contribution in [1.82, 2.24) is 0 Å². The monoisotopic (exact) mass is 356 g/mol. The van der Waals surface area contributed by atoms with E-state index in [1.54, 1.807) is 22.3 Å². The van der Waals surface area contributed by atoms with Crippen LogP contribution in [0, 0.1) is 0 Å². The molecule has 0 unspecified atom stereocenters. The fourth-order valence-corrected chi connectivity index (χ4v) is 2.79. The van der Waals surface area contributed by atoms with Crippen LogP contribution in [-0.2, 0) is 25.7 Å². The Morgan fingerprint density at radius 1 is 0.800 bits per heavy atom. The van der Waals surface area contributed by atoms with Gasteiger partial charge < -0.3 is 5.71 Å². The zero-order chi connectivity index (χ0) is 7.97. The Morgan fingerprint density at radius 2 is 1.20 bits per heavy atom. The number of benzene rings is 1. The third-order valence-electron chi connectivity index (χ3n) is 3.37. The zero-order valence-corrected chi connectivity index (χ0v) is 15.5. The molecule has 3 rings (SSSR count). The second-order valence-corrected chi connectivity index (χ2v) is 4.05. The normalized spacial score (nSPS) is 15.5. The van der Waals surface area contributed by atoms with E-state index >= 15 is 0 Å². The van der Waals surface area contributed by atoms with Gasteiger partial charge in [-0.2, -0.15) is 0 Å². The summed E-state index contributed by atoms with van der Waals surface area (Å²) in [5.41, 5.74) is 6.75. The molecule has 0 saturated heterocycles. The van der Waals surface area contributed by atoms with Gasteiger partial charge in [-0.3, -0.25) is 0 Å². The molecule has 78 valence electrons. The molecule has 2 aliphatic rings. The number of hydrogen-bond donors (Lipinski definition) is 0. The molecule has 0 saturated carbocycles. The smallest absolute Gasteiger partial charge is 1.00 e. The van der Waals surface area contributed by atoms with Crippen molar-refractivity contribution < 1.29 is 5.71 Å². The van der Waals surface area contributed by atoms with Crippen LogP contribution in [0.4, 0.5) is 0 Å². The van der Waals surface area contributed by atoms with E-state index in [4.69, 9.17) is 0 Å². The molecule has 15 heavy (non-hydrogen) atoms. The van der Waals surface area contributed by atoms with Gasteiger partial charge in [0, 0.05) is 0 Å². The van der Waals surface area contributed by atoms with E-state index < -0.39 is 0 Å². The molecule has 0 atom stereocenters. The van der Waals surface area contributed by atoms with Crippen LogP contribution in [-0.4, -0.2) is 86.6 Å². The molecular weight excluding hydrogens is 334 g/mol. The first-order valence-electron chi connectivity index (χ1n) is 5.07. The summed E-state index contributed by atoms with van der Waals surface area (Å²) in [6.45, 7) is 0. The maximum atomic E-state index is 2.37. The molecule has 2 aliphatic carbocycles. The Labute approximate surface area is 170 Å². The summed E-state index contributed by atoms with van der Waals surface area (Å²) in [5, 5.41) is 0. The Kier molecular flexibility index (Phi) is 8.50. The van der Waals surface area contributed by atoms with Crippen molar-refractivity contribution in [1.29, 1.82) is 0 Å². The van der Waals surface area contributed by atoms with E-state index in [2.05, 4.69) is 12.1 Å². The topological polar surface area (TPSA) is 0 Å². The van der Waals surface area contributed by atoms with Crippen LogP contribution < -0.4 is 0 Å². The molecular formula is C13H22BaCa. The Bertz CT molecular complexity index is 315. The minimum Gasteiger partial charge on any atom is -1.00 e. The summed E-state index contributed by atoms with van der Waals surface area (Å²) >= 11 is 0. The van der Waals surface area contributed by atoms with Gasteiger partial charge in [0.2, 0.25) is 0 Å². The first-order valence-corrected chi connectivity index (χ1v) is 5.07. The summed E-state index contributed by atoms with van der Waals surface area (Å²) in [7, 11) is 0. The molecule has 0 amide bonds. The quantitative estimate of drug-likeness (QED) is 0.628. The van der Waals surface area contributed by atoms with Crippen molar-refractivity contribution in [2.75, 3.05) is 0 Å². The van der Waals surface area contributed by atoms with E-state index in [1.807, 2.05) is 0 Å². The summed E-state index contributed by atoms with van der Waals surface area (Å²) in [6.07, 6.45) is 8.18. The zero-order valence-electron chi connectivity index (χ0n) is 12.8. The molecule has 0 N–H and O–H groups in total. The van der Waals surface area contributed by atoms with Crippen molar-refractivity contribution in [3.63, 3.8) is 0 Å². The minimum absolute atomic E-state index is 0. The van der Waals surface area contributed by atoms with E-state index in [-0.39, 0.29) is 99.8 Å². The van der Waals surface area contributed by atoms with Crippen molar-refractivity contribution in [2.24, 2.45) is 0 Å². The molecule has 0 heterocycles. The van der Waals surface area contributed by atoms with E-state index in [1.165, 1.54) is 38.5 Å². The van der Waals surface area contributed by atoms with Crippen LogP contribution in [0.5, 0.6) is 0 Å². The second kappa shape index (κ2) is 7.48. The van der Waals surface area contributed by atoms with Gasteiger partial charge >= 0.3 is 86.6 Å². The number of aryl methyl sites for hydroxylation is 2. The van der Waals surface area contributed by atoms with Crippen molar-refractivity contribution in [3.05, 3.63) is 34.4 Å². The van der Waals surface area contributed by atoms with Gasteiger partial charge in [0.15, 0.2) is 0 Å². The van der Waals surface area contributed by atoms with Crippen LogP contribution in [0.15, 0.2) is 12.1 Å². The van der Waals surface area contributed by atoms with Gasteiger partial charge in [-0.1, -0.05) is 19.6 Å². The van der Waals surface area contributed by atoms with Crippen LogP contribution in [0.25, 0.3) is 0 Å². The Hall–Kier alpha value is 2.05. The van der Waals surface area contributed by atoms with Gasteiger partial charge in [-0.05, 0) is 60.8 Å². The van der Waals surface area contributed by atoms with E-state index in [0.717, 1.165) is 0 Å². The van der Waals surface area contributed by atoms with Crippen molar-refractivity contribution >= 4 is 86.6 Å². The van der Waals surface area contributed by atoms with Gasteiger partial charge in [0.1, 0.15) is 0 Å². The molecule has 0 spiro atoms. The Morgan fingerprint density at radius 3 is 1.60 bits per heavy atom. The molecule has 0 nitrogen and oxygen atoms in total. The third-order valence-corrected chi connectivity index (χ3v) is 3.37. The maximum Gasteiger partial charge on any atom is 2.00 e. The predicted octanol–water partition coefficient (Wildman–Crippen LogP) is 2.99. The molecule has 0 fully saturated rings. The summed E-state index contributed by atoms with van der Waals surface area (Å²) in [6, 6.07) is 4.74. The molecule has 0 radical (unpaired) electrons. The SMILES string of the molecule is C.[Ba+2].[Ca+2].[H-].[H-].[H-].[H-].c1cc2c(c3c1CCC3)CCC2. The van der Waals surface area contributed by atoms with E-state index in [9.17, 15) is 0 Å². The summed E-state index contributed by atoms with van der Waals surface area (Å²) in [5.74, 6) is 0. The molecule has 1 aromatic rings. The molecule has 1 aromatic carbocycles. The van der Waals surface area contributed by atoms with Gasteiger partial charge in [0.25, 0.3) is 0 Å². The van der Waals surface area contributed by atoms with Crippen LogP contribution >= 0.6 is 0 Å². The van der Waals surface area contributed by atoms with Crippen LogP contribution in [0.2, 0.25) is 0 Å². The van der Waals surface area contributed by atoms with Crippen molar-refractivity contribution in [2.45, 2.75) is 46.0 Å². The number of fused-ring (bicyclic) bond motifs is 3. The molecule has 2 heteroatoms. The minimum atomic E-state index is 0. The van der Waals surface area contributed by atoms with Gasteiger partial charge in [-0.15, -0.1) is 0 Å². The third kappa shape index (κ3) is 3.29. The molecule has 0 bridgehead atoms. The number of rotatable bonds is 0. The molecule has 0 aliphatic heterocycles. The largest absolute Gasteiger partial charge is 2.00 e. The summed E-state index contributed by atoms with van der Waals surface area (Å²) < 4.78 is 0. The maximum absolute atomic E-state index is 2.37. The van der Waals surface area contributed by atoms with Gasteiger partial charge in [0.05, 0.1) is 0 Å². The van der Waals surface area contributed by atoms with Gasteiger partial charge in [-0.25, -0.2) is 0 Å². The number of hydrogen-bond acceptors (Lipinski definition) is 0. The fraction of sp³-hybridized carbons (Fsp3) is 0.538. The summed E-state index contributed by atoms with van der Waals surface area (Å²) in [4.78, 5) is 0. The fourth-order valence-electron chi connectivity index (χ4n) is 2.79. The second-order valence-electron chi connectivity index (χ2n) is 4.05. The van der Waals surface area contributed by atoms with Crippen LogP contribution in [0.1, 0.15) is 48.2 Å². The Balaban J connectivity index is -0.0000000933. The van der Waals surface area contributed by atoms with E-state index in [0.29, 0.717) is 0 Å². The molecule has 0 aromatic heterocycles.